The molecule has 0 bridgehead atoms. The number of hydrogen-bond donors (Lipinski definition) is 0. The Balaban J connectivity index is 2.41. The summed E-state index contributed by atoms with van der Waals surface area (Å²) < 4.78 is 5.75. The van der Waals surface area contributed by atoms with E-state index >= 15 is 0 Å². The van der Waals surface area contributed by atoms with E-state index in [4.69, 9.17) is 4.74 Å². The quantitative estimate of drug-likeness (QED) is 0.372. The van der Waals surface area contributed by atoms with Crippen LogP contribution in [0.1, 0.15) is 37.7 Å². The normalized spacial score (nSPS) is 12.6. The molecule has 0 N–H and O–H groups in total. The highest BCUT2D eigenvalue weighted by molar-refractivity contribution is 8.76. The highest BCUT2D eigenvalue weighted by atomic mass is 33.1. The molecule has 0 fully saturated rings. The predicted molar refractivity (Wildman–Crippen MR) is 75.8 cm³/mol. The minimum absolute atomic E-state index is 0.174. The Bertz CT molecular complexity index is 264. The van der Waals surface area contributed by atoms with Gasteiger partial charge in [0.05, 0.1) is 0 Å². The molecular formula is C13H20OS2. The van der Waals surface area contributed by atoms with Gasteiger partial charge in [0.2, 0.25) is 0 Å². The van der Waals surface area contributed by atoms with Crippen molar-refractivity contribution in [1.82, 2.24) is 0 Å². The summed E-state index contributed by atoms with van der Waals surface area (Å²) >= 11 is 0. The van der Waals surface area contributed by atoms with Gasteiger partial charge in [-0.1, -0.05) is 65.3 Å². The molecule has 0 saturated heterocycles. The first kappa shape index (κ1) is 13.9. The van der Waals surface area contributed by atoms with E-state index in [-0.39, 0.29) is 5.44 Å². The second-order valence-corrected chi connectivity index (χ2v) is 6.02. The lowest BCUT2D eigenvalue weighted by Crippen LogP contribution is -1.98. The minimum Gasteiger partial charge on any atom is -0.362 e. The van der Waals surface area contributed by atoms with Crippen LogP contribution in [-0.2, 0) is 4.74 Å². The number of benzene rings is 1. The van der Waals surface area contributed by atoms with Crippen molar-refractivity contribution in [1.29, 1.82) is 0 Å². The van der Waals surface area contributed by atoms with Gasteiger partial charge in [-0.15, -0.1) is 0 Å². The average molecular weight is 256 g/mol. The largest absolute Gasteiger partial charge is 0.362 e. The third-order valence-corrected chi connectivity index (χ3v) is 4.73. The molecule has 1 aromatic carbocycles. The van der Waals surface area contributed by atoms with E-state index in [0.29, 0.717) is 0 Å². The molecule has 0 aliphatic carbocycles. The Kier molecular flexibility index (Phi) is 7.81. The molecule has 90 valence electrons. The van der Waals surface area contributed by atoms with E-state index in [0.717, 1.165) is 6.61 Å². The van der Waals surface area contributed by atoms with Crippen molar-refractivity contribution < 1.29 is 4.74 Å². The van der Waals surface area contributed by atoms with Crippen LogP contribution in [0.4, 0.5) is 0 Å². The van der Waals surface area contributed by atoms with E-state index in [9.17, 15) is 0 Å². The lowest BCUT2D eigenvalue weighted by Gasteiger charge is -2.16. The summed E-state index contributed by atoms with van der Waals surface area (Å²) in [6, 6.07) is 10.4. The van der Waals surface area contributed by atoms with Crippen molar-refractivity contribution >= 4 is 21.6 Å². The molecule has 0 radical (unpaired) electrons. The first-order valence-electron chi connectivity index (χ1n) is 5.83. The zero-order chi connectivity index (χ0) is 11.6. The molecule has 1 atom stereocenters. The number of hydrogen-bond acceptors (Lipinski definition) is 3. The molecule has 0 spiro atoms. The Morgan fingerprint density at radius 3 is 2.56 bits per heavy atom. The fourth-order valence-corrected chi connectivity index (χ4v) is 3.85. The first-order chi connectivity index (χ1) is 7.88. The van der Waals surface area contributed by atoms with Gasteiger partial charge in [0.15, 0.2) is 0 Å². The standard InChI is InChI=1S/C13H20OS2/c1-3-5-11-15-16-13(14-4-2)12-9-7-6-8-10-12/h6-10,13H,3-5,11H2,1-2H3. The number of ether oxygens (including phenoxy) is 1. The smallest absolute Gasteiger partial charge is 0.138 e. The molecule has 0 amide bonds. The van der Waals surface area contributed by atoms with Crippen molar-refractivity contribution in [3.63, 3.8) is 0 Å². The van der Waals surface area contributed by atoms with E-state index in [2.05, 4.69) is 31.2 Å². The lowest BCUT2D eigenvalue weighted by atomic mass is 10.2. The highest BCUT2D eigenvalue weighted by Crippen LogP contribution is 2.39. The van der Waals surface area contributed by atoms with Crippen molar-refractivity contribution in [2.75, 3.05) is 12.4 Å². The van der Waals surface area contributed by atoms with Crippen LogP contribution < -0.4 is 0 Å². The van der Waals surface area contributed by atoms with Crippen LogP contribution in [-0.4, -0.2) is 12.4 Å². The van der Waals surface area contributed by atoms with Gasteiger partial charge in [-0.25, -0.2) is 0 Å². The third kappa shape index (κ3) is 5.28. The summed E-state index contributed by atoms with van der Waals surface area (Å²) in [7, 11) is 3.75. The maximum absolute atomic E-state index is 5.75. The topological polar surface area (TPSA) is 9.23 Å². The van der Waals surface area contributed by atoms with Crippen LogP contribution in [0.2, 0.25) is 0 Å². The molecule has 1 rings (SSSR count). The molecule has 16 heavy (non-hydrogen) atoms. The van der Waals surface area contributed by atoms with E-state index < -0.39 is 0 Å². The Labute approximate surface area is 107 Å². The molecule has 0 aromatic heterocycles. The Hall–Kier alpha value is -0.120. The van der Waals surface area contributed by atoms with E-state index in [1.54, 1.807) is 0 Å². The zero-order valence-electron chi connectivity index (χ0n) is 10.0. The number of rotatable bonds is 8. The number of unbranched alkanes of at least 4 members (excludes halogenated alkanes) is 1. The van der Waals surface area contributed by atoms with Crippen LogP contribution in [0, 0.1) is 0 Å². The van der Waals surface area contributed by atoms with Gasteiger partial charge in [-0.05, 0) is 18.9 Å². The first-order valence-corrected chi connectivity index (χ1v) is 8.21. The average Bonchev–Trinajstić information content (AvgIpc) is 2.34. The fourth-order valence-electron chi connectivity index (χ4n) is 1.25. The van der Waals surface area contributed by atoms with Crippen molar-refractivity contribution in [2.45, 2.75) is 32.1 Å². The van der Waals surface area contributed by atoms with Crippen LogP contribution in [0.3, 0.4) is 0 Å². The summed E-state index contributed by atoms with van der Waals surface area (Å²) in [6.07, 6.45) is 2.55. The Morgan fingerprint density at radius 2 is 1.94 bits per heavy atom. The van der Waals surface area contributed by atoms with Crippen LogP contribution in [0.25, 0.3) is 0 Å². The van der Waals surface area contributed by atoms with Gasteiger partial charge in [-0.3, -0.25) is 0 Å². The highest BCUT2D eigenvalue weighted by Gasteiger charge is 2.11. The zero-order valence-corrected chi connectivity index (χ0v) is 11.7. The monoisotopic (exact) mass is 256 g/mol. The van der Waals surface area contributed by atoms with Crippen LogP contribution >= 0.6 is 21.6 Å². The summed E-state index contributed by atoms with van der Waals surface area (Å²) in [4.78, 5) is 0. The van der Waals surface area contributed by atoms with Crippen molar-refractivity contribution in [3.8, 4) is 0 Å². The predicted octanol–water partition coefficient (Wildman–Crippen LogP) is 4.90. The third-order valence-electron chi connectivity index (χ3n) is 2.13. The van der Waals surface area contributed by atoms with Gasteiger partial charge in [0.1, 0.15) is 5.44 Å². The summed E-state index contributed by atoms with van der Waals surface area (Å²) in [6.45, 7) is 5.04. The summed E-state index contributed by atoms with van der Waals surface area (Å²) in [5.41, 5.74) is 1.44. The fraction of sp³-hybridized carbons (Fsp3) is 0.538. The second-order valence-electron chi connectivity index (χ2n) is 3.47. The van der Waals surface area contributed by atoms with E-state index in [1.807, 2.05) is 34.6 Å². The second kappa shape index (κ2) is 8.97. The van der Waals surface area contributed by atoms with Crippen molar-refractivity contribution in [3.05, 3.63) is 35.9 Å². The molecule has 0 aliphatic heterocycles. The minimum atomic E-state index is 0.174. The summed E-state index contributed by atoms with van der Waals surface area (Å²) in [5, 5.41) is 0. The van der Waals surface area contributed by atoms with Crippen LogP contribution in [0.15, 0.2) is 30.3 Å². The van der Waals surface area contributed by atoms with Crippen LogP contribution in [0.5, 0.6) is 0 Å². The lowest BCUT2D eigenvalue weighted by molar-refractivity contribution is 0.127. The van der Waals surface area contributed by atoms with Gasteiger partial charge >= 0.3 is 0 Å². The van der Waals surface area contributed by atoms with E-state index in [1.165, 1.54) is 24.2 Å². The summed E-state index contributed by atoms with van der Waals surface area (Å²) in [5.74, 6) is 1.21. The molecule has 0 heterocycles. The van der Waals surface area contributed by atoms with Gasteiger partial charge < -0.3 is 4.74 Å². The molecule has 1 nitrogen and oxygen atoms in total. The molecule has 0 saturated carbocycles. The van der Waals surface area contributed by atoms with Gasteiger partial charge in [-0.2, -0.15) is 0 Å². The molecule has 0 aliphatic rings. The molecule has 1 unspecified atom stereocenters. The van der Waals surface area contributed by atoms with Crippen molar-refractivity contribution in [2.24, 2.45) is 0 Å². The molecular weight excluding hydrogens is 236 g/mol. The Morgan fingerprint density at radius 1 is 1.19 bits per heavy atom. The van der Waals surface area contributed by atoms with Gasteiger partial charge in [0.25, 0.3) is 0 Å². The molecule has 1 aromatic rings. The maximum Gasteiger partial charge on any atom is 0.138 e. The SMILES string of the molecule is CCCCSSC(OCC)c1ccccc1. The maximum atomic E-state index is 5.75. The van der Waals surface area contributed by atoms with Gasteiger partial charge in [0, 0.05) is 12.4 Å². The molecule has 3 heteroatoms.